The summed E-state index contributed by atoms with van der Waals surface area (Å²) in [7, 11) is -3.67. The minimum Gasteiger partial charge on any atom is -0.343 e. The van der Waals surface area contributed by atoms with Crippen LogP contribution in [-0.4, -0.2) is 18.7 Å². The van der Waals surface area contributed by atoms with Crippen molar-refractivity contribution in [3.05, 3.63) is 28.0 Å². The first-order valence-corrected chi connectivity index (χ1v) is 8.78. The number of sulfone groups is 1. The lowest BCUT2D eigenvalue weighted by molar-refractivity contribution is -0.138. The molecule has 2 aromatic rings. The van der Waals surface area contributed by atoms with Crippen LogP contribution in [0.3, 0.4) is 0 Å². The van der Waals surface area contributed by atoms with E-state index in [1.54, 1.807) is 0 Å². The molecule has 1 aliphatic carbocycles. The van der Waals surface area contributed by atoms with E-state index in [4.69, 9.17) is 0 Å². The van der Waals surface area contributed by atoms with E-state index in [2.05, 4.69) is 20.9 Å². The summed E-state index contributed by atoms with van der Waals surface area (Å²) < 4.78 is 76.7. The van der Waals surface area contributed by atoms with Crippen LogP contribution in [0.25, 0.3) is 10.9 Å². The highest BCUT2D eigenvalue weighted by Crippen LogP contribution is 2.41. The van der Waals surface area contributed by atoms with Gasteiger partial charge in [0.05, 0.1) is 16.3 Å². The van der Waals surface area contributed by atoms with Gasteiger partial charge >= 0.3 is 6.18 Å². The molecule has 0 unspecified atom stereocenters. The normalized spacial score (nSPS) is 17.0. The van der Waals surface area contributed by atoms with E-state index in [0.717, 1.165) is 12.5 Å². The average molecular weight is 400 g/mol. The maximum absolute atomic E-state index is 13.9. The van der Waals surface area contributed by atoms with Crippen LogP contribution in [0.15, 0.2) is 21.6 Å². The minimum absolute atomic E-state index is 0.134. The van der Waals surface area contributed by atoms with E-state index in [9.17, 15) is 26.0 Å². The van der Waals surface area contributed by atoms with E-state index < -0.39 is 32.6 Å². The number of benzene rings is 1. The van der Waals surface area contributed by atoms with Crippen LogP contribution in [0.2, 0.25) is 0 Å². The Morgan fingerprint density at radius 3 is 2.36 bits per heavy atom. The molecule has 3 nitrogen and oxygen atoms in total. The topological polar surface area (TPSA) is 49.9 Å². The van der Waals surface area contributed by atoms with E-state index in [-0.39, 0.29) is 20.4 Å². The Bertz CT molecular complexity index is 853. The van der Waals surface area contributed by atoms with Crippen molar-refractivity contribution in [3.8, 4) is 0 Å². The van der Waals surface area contributed by atoms with Crippen LogP contribution in [0.1, 0.15) is 24.8 Å². The smallest absolute Gasteiger partial charge is 0.343 e. The fraction of sp³-hybridized carbons (Fsp3) is 0.385. The molecule has 0 spiro atoms. The fourth-order valence-electron chi connectivity index (χ4n) is 2.42. The molecule has 0 aliphatic heterocycles. The molecule has 1 aromatic carbocycles. The van der Waals surface area contributed by atoms with Crippen LogP contribution < -0.4 is 0 Å². The van der Waals surface area contributed by atoms with E-state index in [0.29, 0.717) is 18.9 Å². The van der Waals surface area contributed by atoms with Gasteiger partial charge in [0.1, 0.15) is 10.8 Å². The summed E-state index contributed by atoms with van der Waals surface area (Å²) in [5, 5.41) is -0.930. The van der Waals surface area contributed by atoms with Crippen molar-refractivity contribution >= 4 is 36.7 Å². The molecule has 1 saturated carbocycles. The Kier molecular flexibility index (Phi) is 3.56. The summed E-state index contributed by atoms with van der Waals surface area (Å²) in [6.07, 6.45) is -2.93. The molecule has 1 heterocycles. The molecule has 1 aliphatic rings. The fourth-order valence-corrected chi connectivity index (χ4v) is 4.91. The monoisotopic (exact) mass is 399 g/mol. The summed E-state index contributed by atoms with van der Waals surface area (Å²) in [4.78, 5) is 2.41. The first-order chi connectivity index (χ1) is 10.1. The molecule has 0 amide bonds. The molecule has 0 atom stereocenters. The highest BCUT2D eigenvalue weighted by Gasteiger charge is 2.37. The van der Waals surface area contributed by atoms with E-state index in [1.807, 2.05) is 0 Å². The van der Waals surface area contributed by atoms with Crippen LogP contribution in [0.4, 0.5) is 17.6 Å². The number of H-pyrrole nitrogens is 1. The second-order valence-electron chi connectivity index (χ2n) is 5.24. The van der Waals surface area contributed by atoms with Crippen molar-refractivity contribution in [1.29, 1.82) is 0 Å². The minimum atomic E-state index is -4.74. The Morgan fingerprint density at radius 2 is 1.86 bits per heavy atom. The number of halogens is 5. The van der Waals surface area contributed by atoms with E-state index >= 15 is 0 Å². The first-order valence-electron chi connectivity index (χ1n) is 6.44. The molecule has 1 aromatic heterocycles. The van der Waals surface area contributed by atoms with Gasteiger partial charge in [0.2, 0.25) is 0 Å². The average Bonchev–Trinajstić information content (AvgIpc) is 2.75. The number of hydrogen-bond donors (Lipinski definition) is 1. The van der Waals surface area contributed by atoms with Gasteiger partial charge in [-0.15, -0.1) is 0 Å². The molecular weight excluding hydrogens is 390 g/mol. The highest BCUT2D eigenvalue weighted by molar-refractivity contribution is 9.10. The van der Waals surface area contributed by atoms with E-state index in [1.165, 1.54) is 0 Å². The van der Waals surface area contributed by atoms with Gasteiger partial charge in [0.15, 0.2) is 9.84 Å². The lowest BCUT2D eigenvalue weighted by atomic mass is 10.0. The lowest BCUT2D eigenvalue weighted by Crippen LogP contribution is -2.28. The SMILES string of the molecule is O=S(=O)(c1cc2c(Br)c(C(F)(F)F)cc(F)c2[nH]1)C1CCC1. The number of alkyl halides is 3. The van der Waals surface area contributed by atoms with Gasteiger partial charge in [-0.1, -0.05) is 6.42 Å². The third kappa shape index (κ3) is 2.34. The van der Waals surface area contributed by atoms with Crippen LogP contribution in [-0.2, 0) is 16.0 Å². The summed E-state index contributed by atoms with van der Waals surface area (Å²) in [5.74, 6) is -1.14. The van der Waals surface area contributed by atoms with Gasteiger partial charge in [-0.3, -0.25) is 0 Å². The molecule has 1 fully saturated rings. The predicted octanol–water partition coefficient (Wildman–Crippen LogP) is 4.41. The second-order valence-corrected chi connectivity index (χ2v) is 8.23. The summed E-state index contributed by atoms with van der Waals surface area (Å²) in [5.41, 5.74) is -1.43. The number of rotatable bonds is 2. The van der Waals surface area contributed by atoms with Crippen molar-refractivity contribution in [1.82, 2.24) is 4.98 Å². The Balaban J connectivity index is 2.22. The van der Waals surface area contributed by atoms with Crippen molar-refractivity contribution in [3.63, 3.8) is 0 Å². The Hall–Kier alpha value is -1.09. The van der Waals surface area contributed by atoms with Crippen LogP contribution in [0.5, 0.6) is 0 Å². The van der Waals surface area contributed by atoms with Gasteiger partial charge < -0.3 is 4.98 Å². The molecule has 120 valence electrons. The quantitative estimate of drug-likeness (QED) is 0.760. The van der Waals surface area contributed by atoms with Gasteiger partial charge in [0.25, 0.3) is 0 Å². The third-order valence-electron chi connectivity index (χ3n) is 3.88. The third-order valence-corrected chi connectivity index (χ3v) is 6.92. The zero-order chi connectivity index (χ0) is 16.3. The summed E-state index contributed by atoms with van der Waals surface area (Å²) in [6, 6.07) is 1.41. The molecule has 0 radical (unpaired) electrons. The van der Waals surface area contributed by atoms with Crippen molar-refractivity contribution in [2.45, 2.75) is 35.7 Å². The Morgan fingerprint density at radius 1 is 1.23 bits per heavy atom. The van der Waals surface area contributed by atoms with Crippen molar-refractivity contribution in [2.75, 3.05) is 0 Å². The number of fused-ring (bicyclic) bond motifs is 1. The number of aromatic nitrogens is 1. The maximum Gasteiger partial charge on any atom is 0.417 e. The molecule has 0 bridgehead atoms. The predicted molar refractivity (Wildman–Crippen MR) is 75.8 cm³/mol. The van der Waals surface area contributed by atoms with Crippen LogP contribution >= 0.6 is 15.9 Å². The van der Waals surface area contributed by atoms with Gasteiger partial charge in [-0.2, -0.15) is 13.2 Å². The first kappa shape index (κ1) is 15.8. The van der Waals surface area contributed by atoms with Gasteiger partial charge in [0, 0.05) is 9.86 Å². The molecular formula is C13H10BrF4NO2S. The van der Waals surface area contributed by atoms with Gasteiger partial charge in [-0.25, -0.2) is 12.8 Å². The zero-order valence-corrected chi connectivity index (χ0v) is 13.4. The number of nitrogens with one attached hydrogen (secondary N) is 1. The van der Waals surface area contributed by atoms with Crippen molar-refractivity contribution in [2.24, 2.45) is 0 Å². The second kappa shape index (κ2) is 4.95. The van der Waals surface area contributed by atoms with Crippen molar-refractivity contribution < 1.29 is 26.0 Å². The standard InChI is InChI=1S/C13H10BrF4NO2S/c14-11-7-4-10(22(20,21)6-2-1-3-6)19-12(7)9(15)5-8(11)13(16,17)18/h4-6,19H,1-3H2. The maximum atomic E-state index is 13.9. The molecule has 9 heteroatoms. The molecule has 22 heavy (non-hydrogen) atoms. The zero-order valence-electron chi connectivity index (χ0n) is 11.0. The largest absolute Gasteiger partial charge is 0.417 e. The number of aromatic amines is 1. The lowest BCUT2D eigenvalue weighted by Gasteiger charge is -2.24. The molecule has 0 saturated heterocycles. The van der Waals surface area contributed by atoms with Gasteiger partial charge in [-0.05, 0) is 40.9 Å². The highest BCUT2D eigenvalue weighted by atomic mass is 79.9. The summed E-state index contributed by atoms with van der Waals surface area (Å²) in [6.45, 7) is 0. The molecule has 3 rings (SSSR count). The number of hydrogen-bond acceptors (Lipinski definition) is 2. The Labute approximate surface area is 131 Å². The summed E-state index contributed by atoms with van der Waals surface area (Å²) >= 11 is 2.80. The molecule has 1 N–H and O–H groups in total. The van der Waals surface area contributed by atoms with Crippen LogP contribution in [0, 0.1) is 5.82 Å².